The van der Waals surface area contributed by atoms with Crippen molar-refractivity contribution >= 4 is 22.7 Å². The topological polar surface area (TPSA) is 42.2 Å². The highest BCUT2D eigenvalue weighted by Gasteiger charge is 2.31. The number of hydrogen-bond acceptors (Lipinski definition) is 6. The molecule has 0 aliphatic carbocycles. The molecule has 4 nitrogen and oxygen atoms in total. The number of aromatic nitrogens is 2. The first-order chi connectivity index (χ1) is 10.8. The summed E-state index contributed by atoms with van der Waals surface area (Å²) < 4.78 is 5.71. The van der Waals surface area contributed by atoms with Gasteiger partial charge < -0.3 is 4.42 Å². The van der Waals surface area contributed by atoms with E-state index in [2.05, 4.69) is 44.1 Å². The zero-order chi connectivity index (χ0) is 14.9. The lowest BCUT2D eigenvalue weighted by molar-refractivity contribution is 0.188. The maximum atomic E-state index is 5.71. The highest BCUT2D eigenvalue weighted by Crippen LogP contribution is 2.39. The van der Waals surface area contributed by atoms with Crippen LogP contribution in [-0.4, -0.2) is 21.6 Å². The van der Waals surface area contributed by atoms with Crippen molar-refractivity contribution in [1.82, 2.24) is 15.1 Å². The number of aryl methyl sites for hydroxylation is 1. The molecule has 0 saturated carbocycles. The lowest BCUT2D eigenvalue weighted by atomic mass is 9.98. The van der Waals surface area contributed by atoms with E-state index in [9.17, 15) is 0 Å². The van der Waals surface area contributed by atoms with Crippen LogP contribution in [0, 0.1) is 0 Å². The van der Waals surface area contributed by atoms with Crippen molar-refractivity contribution in [3.63, 3.8) is 0 Å². The molecule has 0 saturated heterocycles. The van der Waals surface area contributed by atoms with Crippen molar-refractivity contribution in [2.24, 2.45) is 0 Å². The van der Waals surface area contributed by atoms with Gasteiger partial charge in [0.25, 0.3) is 0 Å². The van der Waals surface area contributed by atoms with Gasteiger partial charge in [0.15, 0.2) is 0 Å². The van der Waals surface area contributed by atoms with Crippen LogP contribution in [0.1, 0.15) is 40.1 Å². The zero-order valence-electron chi connectivity index (χ0n) is 12.4. The fourth-order valence-electron chi connectivity index (χ4n) is 2.99. The second-order valence-corrected chi connectivity index (χ2v) is 7.36. The van der Waals surface area contributed by atoms with Gasteiger partial charge in [-0.25, -0.2) is 0 Å². The average Bonchev–Trinajstić information content (AvgIpc) is 3.28. The van der Waals surface area contributed by atoms with E-state index in [1.54, 1.807) is 0 Å². The molecule has 0 spiro atoms. The minimum Gasteiger partial charge on any atom is -0.424 e. The molecule has 0 unspecified atom stereocenters. The Bertz CT molecular complexity index is 747. The van der Waals surface area contributed by atoms with Gasteiger partial charge in [-0.3, -0.25) is 4.90 Å². The number of fused-ring (bicyclic) bond motifs is 1. The van der Waals surface area contributed by atoms with E-state index in [1.165, 1.54) is 15.3 Å². The molecular weight excluding hydrogens is 314 g/mol. The molecule has 114 valence electrons. The van der Waals surface area contributed by atoms with E-state index in [1.807, 2.05) is 29.6 Å². The summed E-state index contributed by atoms with van der Waals surface area (Å²) in [5.74, 6) is 1.44. The molecule has 3 aromatic heterocycles. The molecule has 3 aromatic rings. The quantitative estimate of drug-likeness (QED) is 0.727. The average molecular weight is 331 g/mol. The Labute approximate surface area is 137 Å². The van der Waals surface area contributed by atoms with Crippen molar-refractivity contribution in [2.45, 2.75) is 32.4 Å². The van der Waals surface area contributed by atoms with Gasteiger partial charge in [0.1, 0.15) is 0 Å². The molecule has 0 amide bonds. The maximum Gasteiger partial charge on any atom is 0.230 e. The fraction of sp³-hybridized carbons (Fsp3) is 0.375. The summed E-state index contributed by atoms with van der Waals surface area (Å²) in [5, 5.41) is 12.6. The number of rotatable bonds is 4. The molecule has 0 N–H and O–H groups in total. The van der Waals surface area contributed by atoms with Crippen molar-refractivity contribution in [1.29, 1.82) is 0 Å². The SMILES string of the molecule is CCc1nnc(CN2CCc3sccc3[C@H]2c2cccs2)o1. The minimum absolute atomic E-state index is 0.312. The number of nitrogens with zero attached hydrogens (tertiary/aromatic N) is 3. The van der Waals surface area contributed by atoms with Gasteiger partial charge in [0.05, 0.1) is 12.6 Å². The molecule has 22 heavy (non-hydrogen) atoms. The Balaban J connectivity index is 1.66. The van der Waals surface area contributed by atoms with Gasteiger partial charge >= 0.3 is 0 Å². The summed E-state index contributed by atoms with van der Waals surface area (Å²) in [6.07, 6.45) is 1.89. The molecule has 0 radical (unpaired) electrons. The third kappa shape index (κ3) is 2.51. The summed E-state index contributed by atoms with van der Waals surface area (Å²) in [6, 6.07) is 6.93. The van der Waals surface area contributed by atoms with Gasteiger partial charge in [-0.1, -0.05) is 13.0 Å². The Kier molecular flexibility index (Phi) is 3.82. The second-order valence-electron chi connectivity index (χ2n) is 5.38. The first-order valence-corrected chi connectivity index (χ1v) is 9.26. The van der Waals surface area contributed by atoms with Gasteiger partial charge in [-0.2, -0.15) is 0 Å². The van der Waals surface area contributed by atoms with Crippen LogP contribution in [0.4, 0.5) is 0 Å². The molecule has 1 aliphatic heterocycles. The first kappa shape index (κ1) is 14.1. The maximum absolute atomic E-state index is 5.71. The third-order valence-corrected chi connectivity index (χ3v) is 5.95. The summed E-state index contributed by atoms with van der Waals surface area (Å²) in [6.45, 7) is 3.77. The normalized spacial score (nSPS) is 18.5. The van der Waals surface area contributed by atoms with E-state index in [4.69, 9.17) is 4.42 Å². The van der Waals surface area contributed by atoms with E-state index in [0.717, 1.165) is 31.2 Å². The predicted molar refractivity (Wildman–Crippen MR) is 88.3 cm³/mol. The largest absolute Gasteiger partial charge is 0.424 e. The van der Waals surface area contributed by atoms with Crippen LogP contribution < -0.4 is 0 Å². The van der Waals surface area contributed by atoms with E-state index in [0.29, 0.717) is 12.6 Å². The highest BCUT2D eigenvalue weighted by atomic mass is 32.1. The van der Waals surface area contributed by atoms with Gasteiger partial charge in [-0.15, -0.1) is 32.9 Å². The smallest absolute Gasteiger partial charge is 0.230 e. The fourth-order valence-corrected chi connectivity index (χ4v) is 4.77. The molecule has 0 bridgehead atoms. The Morgan fingerprint density at radius 1 is 1.23 bits per heavy atom. The van der Waals surface area contributed by atoms with E-state index in [-0.39, 0.29) is 0 Å². The predicted octanol–water partition coefficient (Wildman–Crippen LogP) is 3.90. The summed E-state index contributed by atoms with van der Waals surface area (Å²) >= 11 is 3.69. The number of hydrogen-bond donors (Lipinski definition) is 0. The van der Waals surface area contributed by atoms with Gasteiger partial charge in [-0.05, 0) is 34.9 Å². The minimum atomic E-state index is 0.312. The van der Waals surface area contributed by atoms with Crippen molar-refractivity contribution < 1.29 is 4.42 Å². The molecule has 6 heteroatoms. The molecule has 0 aromatic carbocycles. The summed E-state index contributed by atoms with van der Waals surface area (Å²) in [5.41, 5.74) is 1.44. The second kappa shape index (κ2) is 5.95. The monoisotopic (exact) mass is 331 g/mol. The van der Waals surface area contributed by atoms with Crippen LogP contribution in [0.15, 0.2) is 33.4 Å². The Hall–Kier alpha value is -1.50. The van der Waals surface area contributed by atoms with Crippen LogP contribution in [-0.2, 0) is 19.4 Å². The lowest BCUT2D eigenvalue weighted by Crippen LogP contribution is -2.34. The van der Waals surface area contributed by atoms with Crippen LogP contribution in [0.25, 0.3) is 0 Å². The number of thiophene rings is 2. The zero-order valence-corrected chi connectivity index (χ0v) is 14.0. The first-order valence-electron chi connectivity index (χ1n) is 7.50. The molecule has 4 heterocycles. The Morgan fingerprint density at radius 2 is 2.14 bits per heavy atom. The molecular formula is C16H17N3OS2. The molecule has 1 atom stereocenters. The molecule has 0 fully saturated rings. The molecule has 1 aliphatic rings. The third-order valence-electron chi connectivity index (χ3n) is 4.03. The highest BCUT2D eigenvalue weighted by molar-refractivity contribution is 7.10. The van der Waals surface area contributed by atoms with E-state index >= 15 is 0 Å². The standard InChI is InChI=1S/C16H17N3OS2/c1-2-14-17-18-15(20-14)10-19-7-5-12-11(6-9-22-12)16(19)13-4-3-8-21-13/h3-4,6,8-9,16H,2,5,7,10H2,1H3/t16-/m0/s1. The van der Waals surface area contributed by atoms with Crippen LogP contribution in [0.5, 0.6) is 0 Å². The van der Waals surface area contributed by atoms with Crippen molar-refractivity contribution in [3.05, 3.63) is 56.1 Å². The Morgan fingerprint density at radius 3 is 2.91 bits per heavy atom. The van der Waals surface area contributed by atoms with E-state index < -0.39 is 0 Å². The van der Waals surface area contributed by atoms with Crippen LogP contribution in [0.2, 0.25) is 0 Å². The van der Waals surface area contributed by atoms with Crippen molar-refractivity contribution in [2.75, 3.05) is 6.54 Å². The van der Waals surface area contributed by atoms with Crippen LogP contribution in [0.3, 0.4) is 0 Å². The lowest BCUT2D eigenvalue weighted by Gasteiger charge is -2.34. The summed E-state index contributed by atoms with van der Waals surface area (Å²) in [4.78, 5) is 5.34. The summed E-state index contributed by atoms with van der Waals surface area (Å²) in [7, 11) is 0. The van der Waals surface area contributed by atoms with Gasteiger partial charge in [0, 0.05) is 22.7 Å². The van der Waals surface area contributed by atoms with Crippen LogP contribution >= 0.6 is 22.7 Å². The van der Waals surface area contributed by atoms with Crippen molar-refractivity contribution in [3.8, 4) is 0 Å². The molecule has 4 rings (SSSR count). The van der Waals surface area contributed by atoms with Gasteiger partial charge in [0.2, 0.25) is 11.8 Å².